The van der Waals surface area contributed by atoms with E-state index in [-0.39, 0.29) is 12.0 Å². The zero-order valence-electron chi connectivity index (χ0n) is 17.2. The molecule has 2 atom stereocenters. The molecule has 6 nitrogen and oxygen atoms in total. The highest BCUT2D eigenvalue weighted by atomic mass is 16.5. The third-order valence-corrected chi connectivity index (χ3v) is 4.59. The molecule has 0 radical (unpaired) electrons. The van der Waals surface area contributed by atoms with Crippen LogP contribution in [0.2, 0.25) is 0 Å². The van der Waals surface area contributed by atoms with Gasteiger partial charge in [0.1, 0.15) is 0 Å². The van der Waals surface area contributed by atoms with Gasteiger partial charge in [0.2, 0.25) is 5.91 Å². The molecule has 0 aliphatic rings. The van der Waals surface area contributed by atoms with Gasteiger partial charge in [-0.05, 0) is 36.5 Å². The van der Waals surface area contributed by atoms with Crippen molar-refractivity contribution in [3.63, 3.8) is 0 Å². The van der Waals surface area contributed by atoms with Crippen molar-refractivity contribution in [3.05, 3.63) is 72.3 Å². The first-order valence-corrected chi connectivity index (χ1v) is 9.91. The fourth-order valence-electron chi connectivity index (χ4n) is 3.15. The first-order chi connectivity index (χ1) is 14.4. The van der Waals surface area contributed by atoms with Crippen molar-refractivity contribution < 1.29 is 24.2 Å². The van der Waals surface area contributed by atoms with Gasteiger partial charge in [-0.3, -0.25) is 9.59 Å². The maximum absolute atomic E-state index is 12.1. The summed E-state index contributed by atoms with van der Waals surface area (Å²) in [6, 6.07) is 17.7. The molecule has 0 fully saturated rings. The van der Waals surface area contributed by atoms with Crippen LogP contribution in [0.15, 0.2) is 66.7 Å². The van der Waals surface area contributed by atoms with Crippen molar-refractivity contribution in [2.24, 2.45) is 5.92 Å². The average molecular weight is 409 g/mol. The number of carboxylic acid groups (broad SMARTS) is 1. The van der Waals surface area contributed by atoms with E-state index in [9.17, 15) is 14.4 Å². The number of hydrogen-bond acceptors (Lipinski definition) is 4. The fourth-order valence-corrected chi connectivity index (χ4v) is 3.15. The van der Waals surface area contributed by atoms with E-state index in [0.29, 0.717) is 19.4 Å². The first kappa shape index (κ1) is 22.9. The van der Waals surface area contributed by atoms with Crippen LogP contribution in [-0.4, -0.2) is 35.6 Å². The maximum atomic E-state index is 12.1. The summed E-state index contributed by atoms with van der Waals surface area (Å²) in [4.78, 5) is 34.7. The number of rotatable bonds is 10. The Labute approximate surface area is 176 Å². The molecule has 0 aromatic heterocycles. The Kier molecular flexibility index (Phi) is 8.81. The second-order valence-corrected chi connectivity index (χ2v) is 7.03. The quantitative estimate of drug-likeness (QED) is 0.462. The van der Waals surface area contributed by atoms with Crippen molar-refractivity contribution in [2.75, 3.05) is 6.61 Å². The highest BCUT2D eigenvalue weighted by Crippen LogP contribution is 2.21. The summed E-state index contributed by atoms with van der Waals surface area (Å²) >= 11 is 0. The van der Waals surface area contributed by atoms with Gasteiger partial charge >= 0.3 is 11.9 Å². The number of nitrogens with one attached hydrogen (secondary N) is 1. The van der Waals surface area contributed by atoms with Gasteiger partial charge in [0.25, 0.3) is 0 Å². The minimum atomic E-state index is -1.20. The second-order valence-electron chi connectivity index (χ2n) is 7.03. The lowest BCUT2D eigenvalue weighted by Crippen LogP contribution is -2.38. The Balaban J connectivity index is 2.11. The lowest BCUT2D eigenvalue weighted by Gasteiger charge is -2.21. The molecular formula is C24H27NO5. The molecule has 158 valence electrons. The number of hydrogen-bond donors (Lipinski definition) is 2. The predicted molar refractivity (Wildman–Crippen MR) is 115 cm³/mol. The summed E-state index contributed by atoms with van der Waals surface area (Å²) in [5.74, 6) is -2.43. The van der Waals surface area contributed by atoms with Crippen LogP contribution in [0.3, 0.4) is 0 Å². The minimum Gasteiger partial charge on any atom is -0.478 e. The van der Waals surface area contributed by atoms with E-state index in [2.05, 4.69) is 5.32 Å². The summed E-state index contributed by atoms with van der Waals surface area (Å²) in [5.41, 5.74) is 3.20. The summed E-state index contributed by atoms with van der Waals surface area (Å²) in [7, 11) is 0. The number of carboxylic acids is 1. The Bertz CT molecular complexity index is 874. The van der Waals surface area contributed by atoms with E-state index in [4.69, 9.17) is 9.84 Å². The van der Waals surface area contributed by atoms with E-state index in [1.165, 1.54) is 0 Å². The van der Waals surface area contributed by atoms with Gasteiger partial charge in [-0.1, -0.05) is 61.5 Å². The lowest BCUT2D eigenvalue weighted by molar-refractivity contribution is -0.148. The maximum Gasteiger partial charge on any atom is 0.328 e. The van der Waals surface area contributed by atoms with E-state index < -0.39 is 17.8 Å². The molecule has 2 N–H and O–H groups in total. The van der Waals surface area contributed by atoms with Crippen LogP contribution in [-0.2, 0) is 25.5 Å². The minimum absolute atomic E-state index is 0.294. The molecule has 1 amide bonds. The van der Waals surface area contributed by atoms with Crippen molar-refractivity contribution in [1.29, 1.82) is 0 Å². The van der Waals surface area contributed by atoms with Crippen LogP contribution < -0.4 is 5.32 Å². The average Bonchev–Trinajstić information content (AvgIpc) is 2.73. The largest absolute Gasteiger partial charge is 0.478 e. The first-order valence-electron chi connectivity index (χ1n) is 9.91. The van der Waals surface area contributed by atoms with Gasteiger partial charge in [0, 0.05) is 18.2 Å². The molecule has 0 saturated carbocycles. The molecule has 0 heterocycles. The highest BCUT2D eigenvalue weighted by Gasteiger charge is 2.21. The van der Waals surface area contributed by atoms with Crippen molar-refractivity contribution >= 4 is 17.8 Å². The molecule has 2 unspecified atom stereocenters. The number of esters is 1. The van der Waals surface area contributed by atoms with Gasteiger partial charge in [0.15, 0.2) is 0 Å². The van der Waals surface area contributed by atoms with Gasteiger partial charge in [0.05, 0.1) is 12.5 Å². The Morgan fingerprint density at radius 2 is 1.63 bits per heavy atom. The number of amides is 1. The molecule has 0 bridgehead atoms. The second kappa shape index (κ2) is 11.6. The standard InChI is InChI=1S/C24H27NO5/c1-3-30-24(29)17(2)15-21(25-22(26)13-14-23(27)28)16-18-9-11-20(12-10-18)19-7-5-4-6-8-19/h4-14,17,21H,3,15-16H2,1-2H3,(H,25,26)(H,27,28)/b14-13-. The lowest BCUT2D eigenvalue weighted by atomic mass is 9.95. The van der Waals surface area contributed by atoms with Crippen LogP contribution in [0, 0.1) is 5.92 Å². The van der Waals surface area contributed by atoms with E-state index in [1.54, 1.807) is 13.8 Å². The van der Waals surface area contributed by atoms with Crippen molar-refractivity contribution in [3.8, 4) is 11.1 Å². The molecule has 0 aliphatic carbocycles. The number of carbonyl (C=O) groups is 3. The zero-order valence-corrected chi connectivity index (χ0v) is 17.2. The van der Waals surface area contributed by atoms with Crippen molar-refractivity contribution in [2.45, 2.75) is 32.7 Å². The number of carbonyl (C=O) groups excluding carboxylic acids is 2. The van der Waals surface area contributed by atoms with Crippen LogP contribution in [0.5, 0.6) is 0 Å². The molecule has 0 saturated heterocycles. The van der Waals surface area contributed by atoms with Gasteiger partial charge < -0.3 is 15.2 Å². The third-order valence-electron chi connectivity index (χ3n) is 4.59. The molecule has 2 aromatic rings. The summed E-state index contributed by atoms with van der Waals surface area (Å²) < 4.78 is 5.06. The molecule has 6 heteroatoms. The van der Waals surface area contributed by atoms with Crippen LogP contribution in [0.1, 0.15) is 25.8 Å². The van der Waals surface area contributed by atoms with Gasteiger partial charge in [-0.25, -0.2) is 4.79 Å². The van der Waals surface area contributed by atoms with E-state index in [0.717, 1.165) is 28.8 Å². The Hall–Kier alpha value is -3.41. The highest BCUT2D eigenvalue weighted by molar-refractivity contribution is 5.94. The zero-order chi connectivity index (χ0) is 21.9. The van der Waals surface area contributed by atoms with Crippen LogP contribution >= 0.6 is 0 Å². The van der Waals surface area contributed by atoms with E-state index >= 15 is 0 Å². The monoisotopic (exact) mass is 409 g/mol. The molecule has 0 aliphatic heterocycles. The summed E-state index contributed by atoms with van der Waals surface area (Å²) in [6.45, 7) is 3.79. The SMILES string of the molecule is CCOC(=O)C(C)CC(Cc1ccc(-c2ccccc2)cc1)NC(=O)/C=C\C(=O)O. The Morgan fingerprint density at radius 1 is 1.00 bits per heavy atom. The van der Waals surface area contributed by atoms with E-state index in [1.807, 2.05) is 54.6 Å². The van der Waals surface area contributed by atoms with Gasteiger partial charge in [-0.15, -0.1) is 0 Å². The topological polar surface area (TPSA) is 92.7 Å². The summed E-state index contributed by atoms with van der Waals surface area (Å²) in [6.07, 6.45) is 2.65. The number of aliphatic carboxylic acids is 1. The molecule has 2 aromatic carbocycles. The molecule has 0 spiro atoms. The van der Waals surface area contributed by atoms with Crippen LogP contribution in [0.4, 0.5) is 0 Å². The van der Waals surface area contributed by atoms with Crippen LogP contribution in [0.25, 0.3) is 11.1 Å². The number of ether oxygens (including phenoxy) is 1. The molecule has 30 heavy (non-hydrogen) atoms. The predicted octanol–water partition coefficient (Wildman–Crippen LogP) is 3.61. The summed E-state index contributed by atoms with van der Waals surface area (Å²) in [5, 5.41) is 11.5. The smallest absolute Gasteiger partial charge is 0.328 e. The third kappa shape index (κ3) is 7.54. The molecule has 2 rings (SSSR count). The van der Waals surface area contributed by atoms with Crippen molar-refractivity contribution in [1.82, 2.24) is 5.32 Å². The van der Waals surface area contributed by atoms with Gasteiger partial charge in [-0.2, -0.15) is 0 Å². The molecular weight excluding hydrogens is 382 g/mol. The fraction of sp³-hybridized carbons (Fsp3) is 0.292. The number of benzene rings is 2. The normalized spacial score (nSPS) is 12.9. The Morgan fingerprint density at radius 3 is 2.23 bits per heavy atom.